The zero-order chi connectivity index (χ0) is 12.2. The summed E-state index contributed by atoms with van der Waals surface area (Å²) in [5.41, 5.74) is 0.687. The van der Waals surface area contributed by atoms with E-state index in [2.05, 4.69) is 4.74 Å². The second kappa shape index (κ2) is 5.12. The van der Waals surface area contributed by atoms with Gasteiger partial charge in [-0.1, -0.05) is 18.2 Å². The Balaban J connectivity index is 2.87. The van der Waals surface area contributed by atoms with Crippen LogP contribution in [0.4, 0.5) is 0 Å². The van der Waals surface area contributed by atoms with E-state index in [0.717, 1.165) is 0 Å². The molecular weight excluding hydrogens is 228 g/mol. The summed E-state index contributed by atoms with van der Waals surface area (Å²) < 4.78 is 28.1. The van der Waals surface area contributed by atoms with Crippen LogP contribution in [0.2, 0.25) is 0 Å². The number of esters is 1. The van der Waals surface area contributed by atoms with Crippen LogP contribution in [0.3, 0.4) is 0 Å². The number of sulfone groups is 1. The quantitative estimate of drug-likeness (QED) is 0.747. The molecule has 88 valence electrons. The number of methoxy groups -OCH3 is 1. The number of rotatable bonds is 4. The minimum atomic E-state index is -3.40. The summed E-state index contributed by atoms with van der Waals surface area (Å²) in [5.74, 6) is -0.734. The summed E-state index contributed by atoms with van der Waals surface area (Å²) in [5, 5.41) is 0. The maximum absolute atomic E-state index is 11.9. The summed E-state index contributed by atoms with van der Waals surface area (Å²) in [4.78, 5) is 11.2. The van der Waals surface area contributed by atoms with Gasteiger partial charge in [0, 0.05) is 0 Å². The van der Waals surface area contributed by atoms with Crippen molar-refractivity contribution >= 4 is 15.8 Å². The molecule has 0 spiro atoms. The first-order valence-electron chi connectivity index (χ1n) is 4.82. The molecule has 0 amide bonds. The van der Waals surface area contributed by atoms with Crippen molar-refractivity contribution in [2.24, 2.45) is 0 Å². The van der Waals surface area contributed by atoms with Crippen molar-refractivity contribution in [1.82, 2.24) is 0 Å². The maximum Gasteiger partial charge on any atom is 0.306 e. The third kappa shape index (κ3) is 3.06. The number of hydrogen-bond acceptors (Lipinski definition) is 4. The van der Waals surface area contributed by atoms with E-state index in [9.17, 15) is 13.2 Å². The molecule has 0 saturated heterocycles. The SMILES string of the molecule is COC(=O)CCS(=O)(=O)c1ccccc1C. The molecule has 1 aromatic carbocycles. The Morgan fingerprint density at radius 2 is 1.94 bits per heavy atom. The molecule has 5 heteroatoms. The van der Waals surface area contributed by atoms with Gasteiger partial charge in [-0.15, -0.1) is 0 Å². The van der Waals surface area contributed by atoms with Crippen molar-refractivity contribution < 1.29 is 17.9 Å². The van der Waals surface area contributed by atoms with E-state index in [0.29, 0.717) is 5.56 Å². The van der Waals surface area contributed by atoms with E-state index < -0.39 is 15.8 Å². The van der Waals surface area contributed by atoms with Crippen LogP contribution in [0.1, 0.15) is 12.0 Å². The topological polar surface area (TPSA) is 60.4 Å². The Labute approximate surface area is 95.2 Å². The third-order valence-electron chi connectivity index (χ3n) is 2.23. The van der Waals surface area contributed by atoms with Gasteiger partial charge >= 0.3 is 5.97 Å². The second-order valence-corrected chi connectivity index (χ2v) is 5.49. The molecule has 0 N–H and O–H groups in total. The van der Waals surface area contributed by atoms with Crippen LogP contribution < -0.4 is 0 Å². The fourth-order valence-electron chi connectivity index (χ4n) is 1.34. The van der Waals surface area contributed by atoms with Crippen LogP contribution in [0, 0.1) is 6.92 Å². The van der Waals surface area contributed by atoms with Gasteiger partial charge in [0.2, 0.25) is 0 Å². The lowest BCUT2D eigenvalue weighted by molar-refractivity contribution is -0.140. The molecule has 0 heterocycles. The molecule has 0 fully saturated rings. The average molecular weight is 242 g/mol. The van der Waals surface area contributed by atoms with Crippen LogP contribution in [0.15, 0.2) is 29.2 Å². The highest BCUT2D eigenvalue weighted by atomic mass is 32.2. The standard InChI is InChI=1S/C11H14O4S/c1-9-5-3-4-6-10(9)16(13,14)8-7-11(12)15-2/h3-6H,7-8H2,1-2H3. The van der Waals surface area contributed by atoms with Gasteiger partial charge in [0.05, 0.1) is 24.2 Å². The number of benzene rings is 1. The first-order chi connectivity index (χ1) is 7.47. The zero-order valence-corrected chi connectivity index (χ0v) is 10.1. The number of hydrogen-bond donors (Lipinski definition) is 0. The van der Waals surface area contributed by atoms with Crippen molar-refractivity contribution in [2.75, 3.05) is 12.9 Å². The van der Waals surface area contributed by atoms with Gasteiger partial charge < -0.3 is 4.74 Å². The lowest BCUT2D eigenvalue weighted by atomic mass is 10.2. The molecule has 0 radical (unpaired) electrons. The molecule has 0 aliphatic heterocycles. The molecule has 4 nitrogen and oxygen atoms in total. The molecule has 0 aromatic heterocycles. The molecule has 1 rings (SSSR count). The van der Waals surface area contributed by atoms with Crippen LogP contribution >= 0.6 is 0 Å². The van der Waals surface area contributed by atoms with Gasteiger partial charge in [-0.2, -0.15) is 0 Å². The van der Waals surface area contributed by atoms with E-state index in [4.69, 9.17) is 0 Å². The van der Waals surface area contributed by atoms with E-state index in [1.165, 1.54) is 7.11 Å². The molecule has 0 aliphatic carbocycles. The zero-order valence-electron chi connectivity index (χ0n) is 9.26. The molecule has 0 aliphatic rings. The maximum atomic E-state index is 11.9. The molecule has 16 heavy (non-hydrogen) atoms. The van der Waals surface area contributed by atoms with Crippen molar-refractivity contribution in [2.45, 2.75) is 18.2 Å². The Bertz CT molecular complexity index is 477. The lowest BCUT2D eigenvalue weighted by Crippen LogP contribution is -2.13. The van der Waals surface area contributed by atoms with Gasteiger partial charge in [-0.05, 0) is 18.6 Å². The van der Waals surface area contributed by atoms with Gasteiger partial charge in [0.25, 0.3) is 0 Å². The minimum Gasteiger partial charge on any atom is -0.469 e. The van der Waals surface area contributed by atoms with Gasteiger partial charge in [0.15, 0.2) is 9.84 Å². The Hall–Kier alpha value is -1.36. The number of aryl methyl sites for hydroxylation is 1. The summed E-state index contributed by atoms with van der Waals surface area (Å²) in [6.45, 7) is 1.73. The molecule has 1 aromatic rings. The fourth-order valence-corrected chi connectivity index (χ4v) is 2.83. The molecule has 0 atom stereocenters. The second-order valence-electron chi connectivity index (χ2n) is 3.41. The number of ether oxygens (including phenoxy) is 1. The summed E-state index contributed by atoms with van der Waals surface area (Å²) in [7, 11) is -2.16. The molecule has 0 saturated carbocycles. The largest absolute Gasteiger partial charge is 0.469 e. The van der Waals surface area contributed by atoms with Crippen LogP contribution in [0.5, 0.6) is 0 Å². The van der Waals surface area contributed by atoms with E-state index in [-0.39, 0.29) is 17.1 Å². The van der Waals surface area contributed by atoms with Crippen LogP contribution in [0.25, 0.3) is 0 Å². The smallest absolute Gasteiger partial charge is 0.306 e. The predicted octanol–water partition coefficient (Wildman–Crippen LogP) is 1.33. The highest BCUT2D eigenvalue weighted by molar-refractivity contribution is 7.91. The lowest BCUT2D eigenvalue weighted by Gasteiger charge is -2.06. The van der Waals surface area contributed by atoms with E-state index in [1.54, 1.807) is 31.2 Å². The Morgan fingerprint density at radius 1 is 1.31 bits per heavy atom. The van der Waals surface area contributed by atoms with Gasteiger partial charge in [-0.25, -0.2) is 8.42 Å². The normalized spacial score (nSPS) is 11.1. The van der Waals surface area contributed by atoms with Crippen LogP contribution in [-0.4, -0.2) is 27.2 Å². The Morgan fingerprint density at radius 3 is 2.50 bits per heavy atom. The third-order valence-corrected chi connectivity index (χ3v) is 4.10. The van der Waals surface area contributed by atoms with Crippen molar-refractivity contribution in [3.63, 3.8) is 0 Å². The monoisotopic (exact) mass is 242 g/mol. The van der Waals surface area contributed by atoms with Gasteiger partial charge in [0.1, 0.15) is 0 Å². The van der Waals surface area contributed by atoms with Crippen molar-refractivity contribution in [1.29, 1.82) is 0 Å². The molecule has 0 bridgehead atoms. The van der Waals surface area contributed by atoms with Crippen LogP contribution in [-0.2, 0) is 19.4 Å². The Kier molecular flexibility index (Phi) is 4.06. The van der Waals surface area contributed by atoms with E-state index >= 15 is 0 Å². The van der Waals surface area contributed by atoms with E-state index in [1.807, 2.05) is 0 Å². The molecule has 0 unspecified atom stereocenters. The fraction of sp³-hybridized carbons (Fsp3) is 0.364. The molecular formula is C11H14O4S. The summed E-state index contributed by atoms with van der Waals surface area (Å²) >= 11 is 0. The number of carbonyl (C=O) groups is 1. The summed E-state index contributed by atoms with van der Waals surface area (Å²) in [6.07, 6.45) is -0.118. The number of carbonyl (C=O) groups excluding carboxylic acids is 1. The predicted molar refractivity (Wildman–Crippen MR) is 59.9 cm³/mol. The summed E-state index contributed by atoms with van der Waals surface area (Å²) in [6, 6.07) is 6.71. The minimum absolute atomic E-state index is 0.118. The first-order valence-corrected chi connectivity index (χ1v) is 6.48. The first kappa shape index (κ1) is 12.7. The van der Waals surface area contributed by atoms with Gasteiger partial charge in [-0.3, -0.25) is 4.79 Å². The highest BCUT2D eigenvalue weighted by Gasteiger charge is 2.18. The van der Waals surface area contributed by atoms with Crippen molar-refractivity contribution in [3.05, 3.63) is 29.8 Å². The highest BCUT2D eigenvalue weighted by Crippen LogP contribution is 2.16. The van der Waals surface area contributed by atoms with Crippen molar-refractivity contribution in [3.8, 4) is 0 Å². The average Bonchev–Trinajstić information content (AvgIpc) is 2.26.